The Morgan fingerprint density at radius 2 is 2.40 bits per heavy atom. The second-order valence-corrected chi connectivity index (χ2v) is 2.44. The second-order valence-electron chi connectivity index (χ2n) is 1.63. The first kappa shape index (κ1) is 7.21. The molecular weight excluding hydrogens is 152 g/mol. The summed E-state index contributed by atoms with van der Waals surface area (Å²) < 4.78 is 4.86. The van der Waals surface area contributed by atoms with Crippen molar-refractivity contribution in [2.75, 3.05) is 6.26 Å². The third-order valence-corrected chi connectivity index (χ3v) is 1.62. The fourth-order valence-electron chi connectivity index (χ4n) is 0.545. The summed E-state index contributed by atoms with van der Waals surface area (Å²) in [5.41, 5.74) is 0. The van der Waals surface area contributed by atoms with Gasteiger partial charge in [0, 0.05) is 0 Å². The Hall–Kier alpha value is -0.900. The van der Waals surface area contributed by atoms with Crippen molar-refractivity contribution in [2.24, 2.45) is 0 Å². The van der Waals surface area contributed by atoms with Gasteiger partial charge in [-0.1, -0.05) is 11.8 Å². The van der Waals surface area contributed by atoms with Crippen molar-refractivity contribution in [3.8, 4) is 0 Å². The van der Waals surface area contributed by atoms with Gasteiger partial charge in [0.05, 0.1) is 0 Å². The molecule has 0 saturated heterocycles. The molecule has 0 saturated carbocycles. The third kappa shape index (κ3) is 1.33. The molecule has 0 aromatic carbocycles. The van der Waals surface area contributed by atoms with E-state index in [-0.39, 0.29) is 5.76 Å². The van der Waals surface area contributed by atoms with E-state index in [1.165, 1.54) is 17.8 Å². The van der Waals surface area contributed by atoms with Crippen LogP contribution in [0.4, 0.5) is 0 Å². The number of carboxylic acid groups (broad SMARTS) is 1. The Kier molecular flexibility index (Phi) is 2.01. The summed E-state index contributed by atoms with van der Waals surface area (Å²) in [6.07, 6.45) is 1.82. The summed E-state index contributed by atoms with van der Waals surface area (Å²) in [7, 11) is 0. The van der Waals surface area contributed by atoms with Gasteiger partial charge in [-0.2, -0.15) is 0 Å². The topological polar surface area (TPSA) is 50.4 Å². The summed E-state index contributed by atoms with van der Waals surface area (Å²) >= 11 is 1.38. The van der Waals surface area contributed by atoms with Gasteiger partial charge >= 0.3 is 5.97 Å². The van der Waals surface area contributed by atoms with Gasteiger partial charge in [0.2, 0.25) is 5.76 Å². The minimum atomic E-state index is -1.03. The predicted molar refractivity (Wildman–Crippen MR) is 37.4 cm³/mol. The van der Waals surface area contributed by atoms with Crippen molar-refractivity contribution in [3.05, 3.63) is 17.9 Å². The largest absolute Gasteiger partial charge is 0.475 e. The van der Waals surface area contributed by atoms with Gasteiger partial charge in [-0.3, -0.25) is 0 Å². The third-order valence-electron chi connectivity index (χ3n) is 0.993. The van der Waals surface area contributed by atoms with Crippen molar-refractivity contribution in [2.45, 2.75) is 5.09 Å². The van der Waals surface area contributed by atoms with Gasteiger partial charge in [0.25, 0.3) is 0 Å². The van der Waals surface area contributed by atoms with E-state index in [2.05, 4.69) is 0 Å². The highest BCUT2D eigenvalue weighted by atomic mass is 32.2. The zero-order valence-corrected chi connectivity index (χ0v) is 6.14. The van der Waals surface area contributed by atoms with Crippen molar-refractivity contribution >= 4 is 17.7 Å². The maximum atomic E-state index is 10.2. The number of hydrogen-bond donors (Lipinski definition) is 1. The fourth-order valence-corrected chi connectivity index (χ4v) is 0.922. The molecule has 0 radical (unpaired) electrons. The van der Waals surface area contributed by atoms with Gasteiger partial charge in [0.15, 0.2) is 5.09 Å². The lowest BCUT2D eigenvalue weighted by Crippen LogP contribution is -1.91. The van der Waals surface area contributed by atoms with Crippen LogP contribution in [0.15, 0.2) is 21.6 Å². The van der Waals surface area contributed by atoms with Crippen LogP contribution in [0.5, 0.6) is 0 Å². The molecule has 0 aliphatic heterocycles. The van der Waals surface area contributed by atoms with Crippen molar-refractivity contribution in [3.63, 3.8) is 0 Å². The molecule has 0 unspecified atom stereocenters. The standard InChI is InChI=1S/C6H6O3S/c1-10-5-3-2-4(9-5)6(7)8/h2-3H,1H3,(H,7,8). The average molecular weight is 158 g/mol. The van der Waals surface area contributed by atoms with Crippen LogP contribution in [0.3, 0.4) is 0 Å². The summed E-state index contributed by atoms with van der Waals surface area (Å²) in [6.45, 7) is 0. The lowest BCUT2D eigenvalue weighted by molar-refractivity contribution is 0.0656. The first-order valence-corrected chi connectivity index (χ1v) is 3.83. The molecule has 1 heterocycles. The van der Waals surface area contributed by atoms with E-state index in [0.29, 0.717) is 5.09 Å². The van der Waals surface area contributed by atoms with Crippen LogP contribution < -0.4 is 0 Å². The molecule has 0 aliphatic rings. The Morgan fingerprint density at radius 1 is 1.70 bits per heavy atom. The van der Waals surface area contributed by atoms with E-state index in [9.17, 15) is 4.79 Å². The van der Waals surface area contributed by atoms with Gasteiger partial charge in [-0.05, 0) is 18.4 Å². The molecule has 1 rings (SSSR count). The van der Waals surface area contributed by atoms with E-state index in [0.717, 1.165) is 0 Å². The molecule has 3 nitrogen and oxygen atoms in total. The molecule has 10 heavy (non-hydrogen) atoms. The number of furan rings is 1. The van der Waals surface area contributed by atoms with E-state index in [1.54, 1.807) is 6.07 Å². The first-order chi connectivity index (χ1) is 4.74. The summed E-state index contributed by atoms with van der Waals surface area (Å²) in [4.78, 5) is 10.2. The number of hydrogen-bond acceptors (Lipinski definition) is 3. The number of aromatic carboxylic acids is 1. The Labute approximate surface area is 62.0 Å². The van der Waals surface area contributed by atoms with Crippen LogP contribution in [-0.4, -0.2) is 17.3 Å². The summed E-state index contributed by atoms with van der Waals surface area (Å²) in [5.74, 6) is -1.04. The quantitative estimate of drug-likeness (QED) is 0.665. The highest BCUT2D eigenvalue weighted by Crippen LogP contribution is 2.17. The smallest absolute Gasteiger partial charge is 0.371 e. The zero-order valence-electron chi connectivity index (χ0n) is 5.33. The Bertz CT molecular complexity index is 241. The van der Waals surface area contributed by atoms with Crippen LogP contribution in [-0.2, 0) is 0 Å². The van der Waals surface area contributed by atoms with Crippen LogP contribution in [0.1, 0.15) is 10.6 Å². The molecule has 1 N–H and O–H groups in total. The lowest BCUT2D eigenvalue weighted by atomic mass is 10.5. The van der Waals surface area contributed by atoms with Gasteiger partial charge < -0.3 is 9.52 Å². The number of carbonyl (C=O) groups is 1. The molecule has 4 heteroatoms. The second kappa shape index (κ2) is 2.79. The van der Waals surface area contributed by atoms with E-state index in [1.807, 2.05) is 6.26 Å². The minimum Gasteiger partial charge on any atom is -0.475 e. The SMILES string of the molecule is CSc1ccc(C(=O)O)o1. The van der Waals surface area contributed by atoms with Crippen LogP contribution in [0.2, 0.25) is 0 Å². The Balaban J connectivity index is 2.88. The molecule has 0 fully saturated rings. The average Bonchev–Trinajstić information content (AvgIpc) is 2.34. The predicted octanol–water partition coefficient (Wildman–Crippen LogP) is 1.70. The van der Waals surface area contributed by atoms with Crippen LogP contribution in [0, 0.1) is 0 Å². The number of rotatable bonds is 2. The highest BCUT2D eigenvalue weighted by molar-refractivity contribution is 7.98. The van der Waals surface area contributed by atoms with Crippen molar-refractivity contribution < 1.29 is 14.3 Å². The molecule has 54 valence electrons. The molecule has 1 aromatic heterocycles. The van der Waals surface area contributed by atoms with Crippen LogP contribution in [0.25, 0.3) is 0 Å². The van der Waals surface area contributed by atoms with Crippen molar-refractivity contribution in [1.29, 1.82) is 0 Å². The molecule has 1 aromatic rings. The molecule has 0 bridgehead atoms. The van der Waals surface area contributed by atoms with Gasteiger partial charge in [0.1, 0.15) is 0 Å². The minimum absolute atomic E-state index is 0.00986. The maximum Gasteiger partial charge on any atom is 0.371 e. The molecular formula is C6H6O3S. The number of carboxylic acids is 1. The fraction of sp³-hybridized carbons (Fsp3) is 0.167. The molecule has 0 spiro atoms. The van der Waals surface area contributed by atoms with Crippen LogP contribution >= 0.6 is 11.8 Å². The van der Waals surface area contributed by atoms with E-state index >= 15 is 0 Å². The lowest BCUT2D eigenvalue weighted by Gasteiger charge is -1.85. The van der Waals surface area contributed by atoms with E-state index < -0.39 is 5.97 Å². The van der Waals surface area contributed by atoms with E-state index in [4.69, 9.17) is 9.52 Å². The number of thioether (sulfide) groups is 1. The molecule has 0 atom stereocenters. The first-order valence-electron chi connectivity index (χ1n) is 2.61. The Morgan fingerprint density at radius 3 is 2.70 bits per heavy atom. The summed E-state index contributed by atoms with van der Waals surface area (Å²) in [5, 5.41) is 9.01. The van der Waals surface area contributed by atoms with Gasteiger partial charge in [-0.25, -0.2) is 4.79 Å². The van der Waals surface area contributed by atoms with Crippen molar-refractivity contribution in [1.82, 2.24) is 0 Å². The normalized spacial score (nSPS) is 9.70. The highest BCUT2D eigenvalue weighted by Gasteiger charge is 2.06. The van der Waals surface area contributed by atoms with Gasteiger partial charge in [-0.15, -0.1) is 0 Å². The maximum absolute atomic E-state index is 10.2. The molecule has 0 amide bonds. The summed E-state index contributed by atoms with van der Waals surface area (Å²) in [6, 6.07) is 3.07. The zero-order chi connectivity index (χ0) is 7.56. The molecule has 0 aliphatic carbocycles. The monoisotopic (exact) mass is 158 g/mol.